The van der Waals surface area contributed by atoms with Gasteiger partial charge in [-0.2, -0.15) is 17.5 Å². The molecule has 1 aromatic heterocycles. The van der Waals surface area contributed by atoms with E-state index in [1.54, 1.807) is 0 Å². The number of amides is 1. The van der Waals surface area contributed by atoms with Gasteiger partial charge >= 0.3 is 5.51 Å². The highest BCUT2D eigenvalue weighted by atomic mass is 32.2. The van der Waals surface area contributed by atoms with Crippen LogP contribution in [0.1, 0.15) is 28.1 Å². The van der Waals surface area contributed by atoms with Crippen LogP contribution in [-0.2, 0) is 26.4 Å². The second-order valence-corrected chi connectivity index (χ2v) is 12.9. The van der Waals surface area contributed by atoms with Gasteiger partial charge in [-0.05, 0) is 37.1 Å². The van der Waals surface area contributed by atoms with Gasteiger partial charge in [-0.1, -0.05) is 0 Å². The van der Waals surface area contributed by atoms with Crippen LogP contribution < -0.4 is 5.32 Å². The molecule has 10 nitrogen and oxygen atoms in total. The molecule has 1 aliphatic rings. The molecule has 2 aromatic rings. The molecule has 186 valence electrons. The van der Waals surface area contributed by atoms with Gasteiger partial charge < -0.3 is 5.32 Å². The largest absolute Gasteiger partial charge is 0.497 e. The van der Waals surface area contributed by atoms with Crippen molar-refractivity contribution in [1.29, 1.82) is 0 Å². The van der Waals surface area contributed by atoms with Gasteiger partial charge in [0.15, 0.2) is 0 Å². The van der Waals surface area contributed by atoms with E-state index in [4.69, 9.17) is 0 Å². The van der Waals surface area contributed by atoms with E-state index in [2.05, 4.69) is 5.32 Å². The summed E-state index contributed by atoms with van der Waals surface area (Å²) in [4.78, 5) is 22.7. The van der Waals surface area contributed by atoms with Crippen LogP contribution in [0.4, 0.5) is 18.9 Å². The molecule has 0 saturated carbocycles. The average Bonchev–Trinajstić information content (AvgIpc) is 3.27. The van der Waals surface area contributed by atoms with Crippen molar-refractivity contribution in [3.8, 4) is 0 Å². The van der Waals surface area contributed by atoms with Crippen molar-refractivity contribution in [3.05, 3.63) is 57.0 Å². The van der Waals surface area contributed by atoms with Crippen molar-refractivity contribution >= 4 is 42.8 Å². The number of benzene rings is 1. The van der Waals surface area contributed by atoms with Gasteiger partial charge in [0.1, 0.15) is 4.21 Å². The first-order chi connectivity index (χ1) is 15.7. The standard InChI is InChI=1S/C18H18F3N3O7S3/c19-18(20,21)33(28,29)15-7-9-23(10-8-15)34(30,31)16-6-5-14(32-16)11-22-17(25)12-1-3-13(4-2-12)24(26)27/h1-6,15H,7-11H2,(H,22,25). The molecule has 0 aliphatic carbocycles. The molecule has 0 unspecified atom stereocenters. The topological polar surface area (TPSA) is 144 Å². The Morgan fingerprint density at radius 2 is 1.68 bits per heavy atom. The number of nitrogens with one attached hydrogen (secondary N) is 1. The van der Waals surface area contributed by atoms with Gasteiger partial charge in [0.25, 0.3) is 31.5 Å². The number of nitro groups is 1. The molecule has 2 heterocycles. The minimum atomic E-state index is -5.39. The fraction of sp³-hybridized carbons (Fsp3) is 0.389. The molecule has 0 bridgehead atoms. The van der Waals surface area contributed by atoms with Crippen LogP contribution in [0.5, 0.6) is 0 Å². The van der Waals surface area contributed by atoms with Gasteiger partial charge in [0, 0.05) is 35.7 Å². The average molecular weight is 542 g/mol. The Balaban J connectivity index is 1.61. The number of piperidine rings is 1. The summed E-state index contributed by atoms with van der Waals surface area (Å²) in [7, 11) is -9.42. The van der Waals surface area contributed by atoms with Crippen LogP contribution in [0.2, 0.25) is 0 Å². The molecular formula is C18H18F3N3O7S3. The van der Waals surface area contributed by atoms with Crippen LogP contribution in [0, 0.1) is 10.1 Å². The molecule has 3 rings (SSSR count). The number of non-ortho nitro benzene ring substituents is 1. The van der Waals surface area contributed by atoms with Crippen molar-refractivity contribution in [1.82, 2.24) is 9.62 Å². The van der Waals surface area contributed by atoms with Crippen molar-refractivity contribution in [2.24, 2.45) is 0 Å². The van der Waals surface area contributed by atoms with Crippen molar-refractivity contribution in [3.63, 3.8) is 0 Å². The number of sulfone groups is 1. The van der Waals surface area contributed by atoms with Gasteiger partial charge in [-0.25, -0.2) is 16.8 Å². The second-order valence-electron chi connectivity index (χ2n) is 7.30. The maximum atomic E-state index is 12.8. The summed E-state index contributed by atoms with van der Waals surface area (Å²) < 4.78 is 87.8. The van der Waals surface area contributed by atoms with E-state index in [1.165, 1.54) is 36.4 Å². The number of carbonyl (C=O) groups excluding carboxylic acids is 1. The van der Waals surface area contributed by atoms with Crippen molar-refractivity contribution < 1.29 is 39.7 Å². The lowest BCUT2D eigenvalue weighted by Gasteiger charge is -2.30. The van der Waals surface area contributed by atoms with E-state index in [0.29, 0.717) is 4.88 Å². The lowest BCUT2D eigenvalue weighted by Crippen LogP contribution is -2.45. The van der Waals surface area contributed by atoms with Crippen LogP contribution in [0.15, 0.2) is 40.6 Å². The predicted octanol–water partition coefficient (Wildman–Crippen LogP) is 2.67. The molecule has 1 N–H and O–H groups in total. The third-order valence-corrected chi connectivity index (χ3v) is 10.6. The summed E-state index contributed by atoms with van der Waals surface area (Å²) in [6.07, 6.45) is -0.935. The monoisotopic (exact) mass is 541 g/mol. The number of alkyl halides is 3. The summed E-state index contributed by atoms with van der Waals surface area (Å²) in [5, 5.41) is 11.5. The minimum Gasteiger partial charge on any atom is -0.347 e. The van der Waals surface area contributed by atoms with Crippen LogP contribution in [0.25, 0.3) is 0 Å². The summed E-state index contributed by atoms with van der Waals surface area (Å²) in [6, 6.07) is 7.67. The predicted molar refractivity (Wildman–Crippen MR) is 115 cm³/mol. The number of thiophene rings is 1. The molecule has 0 radical (unpaired) electrons. The molecule has 1 fully saturated rings. The molecule has 0 spiro atoms. The molecule has 1 saturated heterocycles. The summed E-state index contributed by atoms with van der Waals surface area (Å²) in [5.41, 5.74) is -5.39. The van der Waals surface area contributed by atoms with Crippen molar-refractivity contribution in [2.45, 2.75) is 34.4 Å². The normalized spacial score (nSPS) is 16.3. The fourth-order valence-corrected chi connectivity index (χ4v) is 7.42. The lowest BCUT2D eigenvalue weighted by molar-refractivity contribution is -0.384. The lowest BCUT2D eigenvalue weighted by atomic mass is 10.2. The van der Waals surface area contributed by atoms with E-state index in [9.17, 15) is 44.9 Å². The molecule has 1 aliphatic heterocycles. The first kappa shape index (κ1) is 26.1. The summed E-state index contributed by atoms with van der Waals surface area (Å²) in [6.45, 7) is -0.763. The first-order valence-electron chi connectivity index (χ1n) is 9.65. The molecule has 0 atom stereocenters. The number of nitro benzene ring substituents is 1. The highest BCUT2D eigenvalue weighted by Gasteiger charge is 2.51. The Morgan fingerprint density at radius 1 is 1.09 bits per heavy atom. The Morgan fingerprint density at radius 3 is 2.21 bits per heavy atom. The third kappa shape index (κ3) is 5.39. The maximum absolute atomic E-state index is 12.8. The highest BCUT2D eigenvalue weighted by molar-refractivity contribution is 7.93. The SMILES string of the molecule is O=C(NCc1ccc(S(=O)(=O)N2CCC(S(=O)(=O)C(F)(F)F)CC2)s1)c1ccc([N+](=O)[O-])cc1. The number of nitrogens with zero attached hydrogens (tertiary/aromatic N) is 2. The Labute approximate surface area is 196 Å². The molecule has 16 heteroatoms. The quantitative estimate of drug-likeness (QED) is 0.419. The van der Waals surface area contributed by atoms with Crippen LogP contribution >= 0.6 is 11.3 Å². The van der Waals surface area contributed by atoms with Gasteiger partial charge in [-0.3, -0.25) is 14.9 Å². The van der Waals surface area contributed by atoms with E-state index >= 15 is 0 Å². The van der Waals surface area contributed by atoms with Gasteiger partial charge in [0.2, 0.25) is 0 Å². The van der Waals surface area contributed by atoms with Crippen molar-refractivity contribution in [2.75, 3.05) is 13.1 Å². The smallest absolute Gasteiger partial charge is 0.347 e. The number of sulfonamides is 1. The number of rotatable bonds is 7. The Kier molecular flexibility index (Phi) is 7.35. The zero-order valence-corrected chi connectivity index (χ0v) is 19.6. The zero-order chi connectivity index (χ0) is 25.3. The van der Waals surface area contributed by atoms with E-state index in [-0.39, 0.29) is 35.1 Å². The van der Waals surface area contributed by atoms with Crippen LogP contribution in [0.3, 0.4) is 0 Å². The number of carbonyl (C=O) groups is 1. The zero-order valence-electron chi connectivity index (χ0n) is 17.2. The van der Waals surface area contributed by atoms with E-state index < -0.39 is 54.3 Å². The van der Waals surface area contributed by atoms with Gasteiger partial charge in [-0.15, -0.1) is 11.3 Å². The van der Waals surface area contributed by atoms with Crippen LogP contribution in [-0.4, -0.2) is 55.8 Å². The summed E-state index contributed by atoms with van der Waals surface area (Å²) >= 11 is 0.856. The number of halogens is 3. The second kappa shape index (κ2) is 9.59. The molecule has 1 aromatic carbocycles. The number of hydrogen-bond acceptors (Lipinski definition) is 8. The summed E-state index contributed by atoms with van der Waals surface area (Å²) in [5.74, 6) is -0.527. The third-order valence-electron chi connectivity index (χ3n) is 5.16. The van der Waals surface area contributed by atoms with Gasteiger partial charge in [0.05, 0.1) is 16.7 Å². The van der Waals surface area contributed by atoms with E-state index in [0.717, 1.165) is 15.6 Å². The minimum absolute atomic E-state index is 0.0259. The molecule has 34 heavy (non-hydrogen) atoms. The first-order valence-corrected chi connectivity index (χ1v) is 13.5. The molecule has 1 amide bonds. The maximum Gasteiger partial charge on any atom is 0.497 e. The highest BCUT2D eigenvalue weighted by Crippen LogP contribution is 2.34. The Hall–Kier alpha value is -2.56. The van der Waals surface area contributed by atoms with E-state index in [1.807, 2.05) is 0 Å². The fourth-order valence-electron chi connectivity index (χ4n) is 3.29. The Bertz CT molecular complexity index is 1280. The molecular weight excluding hydrogens is 523 g/mol. The number of hydrogen-bond donors (Lipinski definition) is 1.